The Kier molecular flexibility index (Phi) is 6.83. The van der Waals surface area contributed by atoms with Gasteiger partial charge < -0.3 is 15.0 Å². The number of carbonyl (C=O) groups is 1. The van der Waals surface area contributed by atoms with Gasteiger partial charge in [-0.2, -0.15) is 0 Å². The molecule has 1 saturated heterocycles. The van der Waals surface area contributed by atoms with Crippen molar-refractivity contribution in [2.24, 2.45) is 16.8 Å². The Balaban J connectivity index is 2.14. The van der Waals surface area contributed by atoms with Gasteiger partial charge in [0, 0.05) is 40.8 Å². The number of nitrogens with zero attached hydrogens (tertiary/aromatic N) is 3. The number of ether oxygens (including phenoxy) is 1. The fraction of sp³-hybridized carbons (Fsp3) is 0.556. The van der Waals surface area contributed by atoms with Crippen LogP contribution >= 0.6 is 0 Å². The number of guanidine groups is 1. The first kappa shape index (κ1) is 21.2. The third kappa shape index (κ3) is 4.59. The van der Waals surface area contributed by atoms with Crippen LogP contribution in [-0.4, -0.2) is 70.9 Å². The number of likely N-dealkylation sites (tertiary alicyclic amines) is 1. The second-order valence-corrected chi connectivity index (χ2v) is 8.93. The van der Waals surface area contributed by atoms with Crippen LogP contribution in [0.3, 0.4) is 0 Å². The van der Waals surface area contributed by atoms with Crippen molar-refractivity contribution >= 4 is 22.0 Å². The van der Waals surface area contributed by atoms with Crippen LogP contribution < -0.4 is 5.32 Å². The maximum Gasteiger partial charge on any atom is 0.310 e. The largest absolute Gasteiger partial charge is 0.469 e. The molecule has 1 fully saturated rings. The number of rotatable bonds is 5. The number of carbonyl (C=O) groups excluding carboxylic acids is 1. The number of sulfonamides is 1. The highest BCUT2D eigenvalue weighted by Gasteiger charge is 2.36. The predicted octanol–water partition coefficient (Wildman–Crippen LogP) is 0.753. The summed E-state index contributed by atoms with van der Waals surface area (Å²) in [5.74, 6) is 0.362. The van der Waals surface area contributed by atoms with Gasteiger partial charge in [0.2, 0.25) is 10.0 Å². The highest BCUT2D eigenvalue weighted by atomic mass is 32.2. The molecule has 0 saturated carbocycles. The smallest absolute Gasteiger partial charge is 0.310 e. The van der Waals surface area contributed by atoms with E-state index < -0.39 is 10.0 Å². The third-order valence-corrected chi connectivity index (χ3v) is 6.71. The molecule has 2 rings (SSSR count). The summed E-state index contributed by atoms with van der Waals surface area (Å²) in [6.45, 7) is 3.51. The maximum atomic E-state index is 12.5. The lowest BCUT2D eigenvalue weighted by atomic mass is 9.99. The Labute approximate surface area is 161 Å². The normalized spacial score (nSPS) is 20.8. The van der Waals surface area contributed by atoms with Gasteiger partial charge in [-0.25, -0.2) is 12.7 Å². The zero-order chi connectivity index (χ0) is 20.2. The molecule has 0 aliphatic carbocycles. The van der Waals surface area contributed by atoms with Crippen LogP contribution in [0.2, 0.25) is 0 Å². The molecule has 1 N–H and O–H groups in total. The van der Waals surface area contributed by atoms with E-state index in [9.17, 15) is 13.2 Å². The van der Waals surface area contributed by atoms with Gasteiger partial charge in [-0.1, -0.05) is 25.1 Å². The number of aliphatic imine (C=N–C) groups is 1. The van der Waals surface area contributed by atoms with Crippen LogP contribution in [-0.2, 0) is 26.1 Å². The zero-order valence-electron chi connectivity index (χ0n) is 16.5. The molecule has 1 aromatic carbocycles. The van der Waals surface area contributed by atoms with Gasteiger partial charge in [0.1, 0.15) is 0 Å². The minimum Gasteiger partial charge on any atom is -0.469 e. The van der Waals surface area contributed by atoms with Gasteiger partial charge in [-0.3, -0.25) is 9.79 Å². The van der Waals surface area contributed by atoms with E-state index in [0.717, 1.165) is 0 Å². The summed E-state index contributed by atoms with van der Waals surface area (Å²) < 4.78 is 31.1. The summed E-state index contributed by atoms with van der Waals surface area (Å²) in [4.78, 5) is 18.4. The molecule has 27 heavy (non-hydrogen) atoms. The lowest BCUT2D eigenvalue weighted by Crippen LogP contribution is -2.40. The number of benzene rings is 1. The number of nitrogens with one attached hydrogen (secondary N) is 1. The lowest BCUT2D eigenvalue weighted by molar-refractivity contribution is -0.145. The Hall–Kier alpha value is -2.13. The average molecular weight is 397 g/mol. The number of hydrogen-bond acceptors (Lipinski definition) is 5. The molecule has 150 valence electrons. The van der Waals surface area contributed by atoms with Crippen LogP contribution in [0, 0.1) is 11.8 Å². The number of esters is 1. The summed E-state index contributed by atoms with van der Waals surface area (Å²) in [7, 11) is 2.55. The maximum absolute atomic E-state index is 12.5. The molecule has 1 aliphatic heterocycles. The Morgan fingerprint density at radius 3 is 2.59 bits per heavy atom. The highest BCUT2D eigenvalue weighted by Crippen LogP contribution is 2.24. The molecule has 1 heterocycles. The fourth-order valence-electron chi connectivity index (χ4n) is 3.20. The van der Waals surface area contributed by atoms with Crippen LogP contribution in [0.4, 0.5) is 0 Å². The molecule has 0 amide bonds. The van der Waals surface area contributed by atoms with E-state index in [1.807, 2.05) is 11.8 Å². The third-order valence-electron chi connectivity index (χ3n) is 4.80. The van der Waals surface area contributed by atoms with Crippen LogP contribution in [0.25, 0.3) is 0 Å². The van der Waals surface area contributed by atoms with E-state index in [1.165, 1.54) is 25.5 Å². The first-order valence-electron chi connectivity index (χ1n) is 8.76. The standard InChI is InChI=1S/C18H28N4O4S/c1-13-11-22(12-15(13)17(23)26-5)18(19-2)20-10-14-8-6-7-9-16(14)27(24,25)21(3)4/h6-9,13,15H,10-12H2,1-5H3,(H,19,20). The van der Waals surface area contributed by atoms with Gasteiger partial charge in [-0.15, -0.1) is 0 Å². The van der Waals surface area contributed by atoms with E-state index in [0.29, 0.717) is 31.2 Å². The molecule has 0 aromatic heterocycles. The summed E-state index contributed by atoms with van der Waals surface area (Å²) in [5, 5.41) is 3.22. The predicted molar refractivity (Wildman–Crippen MR) is 104 cm³/mol. The molecule has 0 bridgehead atoms. The van der Waals surface area contributed by atoms with Gasteiger partial charge in [0.15, 0.2) is 5.96 Å². The van der Waals surface area contributed by atoms with Crippen molar-refractivity contribution in [1.29, 1.82) is 0 Å². The van der Waals surface area contributed by atoms with Crippen LogP contribution in [0.5, 0.6) is 0 Å². The second-order valence-electron chi connectivity index (χ2n) is 6.81. The number of methoxy groups -OCH3 is 1. The van der Waals surface area contributed by atoms with E-state index in [-0.39, 0.29) is 22.7 Å². The zero-order valence-corrected chi connectivity index (χ0v) is 17.3. The first-order chi connectivity index (χ1) is 12.7. The quantitative estimate of drug-likeness (QED) is 0.449. The van der Waals surface area contributed by atoms with E-state index in [4.69, 9.17) is 4.74 Å². The van der Waals surface area contributed by atoms with Crippen LogP contribution in [0.1, 0.15) is 12.5 Å². The Bertz CT molecular complexity index is 807. The molecular weight excluding hydrogens is 368 g/mol. The second kappa shape index (κ2) is 8.71. The van der Waals surface area contributed by atoms with Crippen molar-refractivity contribution in [3.05, 3.63) is 29.8 Å². The topological polar surface area (TPSA) is 91.3 Å². The molecule has 0 spiro atoms. The highest BCUT2D eigenvalue weighted by molar-refractivity contribution is 7.89. The van der Waals surface area contributed by atoms with Gasteiger partial charge in [-0.05, 0) is 17.5 Å². The average Bonchev–Trinajstić information content (AvgIpc) is 3.03. The van der Waals surface area contributed by atoms with Crippen molar-refractivity contribution in [2.45, 2.75) is 18.4 Å². The van der Waals surface area contributed by atoms with Crippen molar-refractivity contribution in [2.75, 3.05) is 41.3 Å². The minimum absolute atomic E-state index is 0.150. The Morgan fingerprint density at radius 2 is 2.00 bits per heavy atom. The molecule has 1 aromatic rings. The van der Waals surface area contributed by atoms with Crippen molar-refractivity contribution in [3.63, 3.8) is 0 Å². The summed E-state index contributed by atoms with van der Waals surface area (Å²) in [5.41, 5.74) is 0.657. The molecule has 1 aliphatic rings. The minimum atomic E-state index is -3.53. The molecule has 2 atom stereocenters. The van der Waals surface area contributed by atoms with E-state index in [2.05, 4.69) is 10.3 Å². The molecule has 8 nitrogen and oxygen atoms in total. The molecule has 0 radical (unpaired) electrons. The van der Waals surface area contributed by atoms with Crippen molar-refractivity contribution in [1.82, 2.24) is 14.5 Å². The molecule has 9 heteroatoms. The molecular formula is C18H28N4O4S. The summed E-state index contributed by atoms with van der Waals surface area (Å²) in [6.07, 6.45) is 0. The lowest BCUT2D eigenvalue weighted by Gasteiger charge is -2.22. The number of hydrogen-bond donors (Lipinski definition) is 1. The summed E-state index contributed by atoms with van der Waals surface area (Å²) >= 11 is 0. The monoisotopic (exact) mass is 396 g/mol. The van der Waals surface area contributed by atoms with E-state index in [1.54, 1.807) is 31.3 Å². The van der Waals surface area contributed by atoms with Crippen molar-refractivity contribution in [3.8, 4) is 0 Å². The first-order valence-corrected chi connectivity index (χ1v) is 10.2. The Morgan fingerprint density at radius 1 is 1.33 bits per heavy atom. The van der Waals surface area contributed by atoms with Crippen molar-refractivity contribution < 1.29 is 17.9 Å². The van der Waals surface area contributed by atoms with E-state index >= 15 is 0 Å². The fourth-order valence-corrected chi connectivity index (χ4v) is 4.32. The van der Waals surface area contributed by atoms with Gasteiger partial charge >= 0.3 is 5.97 Å². The molecule has 2 unspecified atom stereocenters. The summed E-state index contributed by atoms with van der Waals surface area (Å²) in [6, 6.07) is 6.89. The van der Waals surface area contributed by atoms with Gasteiger partial charge in [0.25, 0.3) is 0 Å². The van der Waals surface area contributed by atoms with Gasteiger partial charge in [0.05, 0.1) is 17.9 Å². The SMILES string of the molecule is CN=C(NCc1ccccc1S(=O)(=O)N(C)C)N1CC(C)C(C(=O)OC)C1. The van der Waals surface area contributed by atoms with Crippen LogP contribution in [0.15, 0.2) is 34.2 Å².